The van der Waals surface area contributed by atoms with Crippen molar-refractivity contribution in [3.63, 3.8) is 0 Å². The Kier molecular flexibility index (Phi) is 8.22. The molecule has 4 N–H and O–H groups in total. The molecule has 0 bridgehead atoms. The van der Waals surface area contributed by atoms with Crippen molar-refractivity contribution < 1.29 is 22.9 Å². The molecule has 12 heteroatoms. The summed E-state index contributed by atoms with van der Waals surface area (Å²) < 4.78 is 22.7. The summed E-state index contributed by atoms with van der Waals surface area (Å²) in [5, 5.41) is 20.9. The Morgan fingerprint density at radius 1 is 1.00 bits per heavy atom. The number of sulfonamides is 1. The van der Waals surface area contributed by atoms with Crippen LogP contribution < -0.4 is 15.8 Å². The minimum absolute atomic E-state index is 0.0514. The first kappa shape index (κ1) is 25.9. The fourth-order valence-corrected chi connectivity index (χ4v) is 4.55. The molecule has 0 aliphatic rings. The number of primary sulfonamides is 1. The summed E-state index contributed by atoms with van der Waals surface area (Å²) in [6.07, 6.45) is 0.519. The van der Waals surface area contributed by atoms with Gasteiger partial charge in [0.2, 0.25) is 15.9 Å². The van der Waals surface area contributed by atoms with Crippen LogP contribution in [0.25, 0.3) is 0 Å². The summed E-state index contributed by atoms with van der Waals surface area (Å²) in [5.74, 6) is -0.684. The smallest absolute Gasteiger partial charge is 0.269 e. The van der Waals surface area contributed by atoms with E-state index in [4.69, 9.17) is 5.14 Å². The van der Waals surface area contributed by atoms with Crippen LogP contribution in [0.15, 0.2) is 82.6 Å². The van der Waals surface area contributed by atoms with Crippen molar-refractivity contribution in [2.45, 2.75) is 28.4 Å². The molecule has 35 heavy (non-hydrogen) atoms. The molecule has 3 rings (SSSR count). The SMILES string of the molecule is CCC(Sc1cccc(NC(=O)c2ccc([N+](=O)[O-])cc2)c1)C(=O)Nc1ccc(S(N)(=O)=O)cc1. The van der Waals surface area contributed by atoms with E-state index in [0.717, 1.165) is 4.90 Å². The van der Waals surface area contributed by atoms with Crippen LogP contribution in [-0.4, -0.2) is 30.4 Å². The predicted molar refractivity (Wildman–Crippen MR) is 134 cm³/mol. The molecule has 3 aromatic rings. The summed E-state index contributed by atoms with van der Waals surface area (Å²) in [4.78, 5) is 36.2. The second kappa shape index (κ2) is 11.1. The number of carbonyl (C=O) groups is 2. The zero-order valence-electron chi connectivity index (χ0n) is 18.5. The number of rotatable bonds is 9. The third-order valence-corrected chi connectivity index (χ3v) is 7.11. The number of carbonyl (C=O) groups excluding carboxylic acids is 2. The molecule has 1 atom stereocenters. The van der Waals surface area contributed by atoms with Gasteiger partial charge in [0.25, 0.3) is 11.6 Å². The first-order valence-corrected chi connectivity index (χ1v) is 12.8. The monoisotopic (exact) mass is 514 g/mol. The Morgan fingerprint density at radius 2 is 1.66 bits per heavy atom. The first-order valence-electron chi connectivity index (χ1n) is 10.3. The third kappa shape index (κ3) is 7.12. The Labute approximate surface area is 206 Å². The maximum atomic E-state index is 12.8. The van der Waals surface area contributed by atoms with Crippen LogP contribution in [0, 0.1) is 10.1 Å². The lowest BCUT2D eigenvalue weighted by molar-refractivity contribution is -0.384. The van der Waals surface area contributed by atoms with Gasteiger partial charge in [-0.05, 0) is 61.0 Å². The van der Waals surface area contributed by atoms with E-state index < -0.39 is 26.1 Å². The maximum Gasteiger partial charge on any atom is 0.269 e. The number of non-ortho nitro benzene ring substituents is 1. The molecule has 3 aromatic carbocycles. The highest BCUT2D eigenvalue weighted by atomic mass is 32.2. The molecule has 182 valence electrons. The number of amides is 2. The summed E-state index contributed by atoms with van der Waals surface area (Å²) in [5.41, 5.74) is 1.11. The molecule has 0 saturated carbocycles. The number of anilines is 2. The summed E-state index contributed by atoms with van der Waals surface area (Å²) >= 11 is 1.31. The minimum atomic E-state index is -3.82. The van der Waals surface area contributed by atoms with E-state index in [1.54, 1.807) is 18.2 Å². The second-order valence-corrected chi connectivity index (χ2v) is 10.2. The molecular formula is C23H22N4O6S2. The van der Waals surface area contributed by atoms with Gasteiger partial charge in [-0.1, -0.05) is 13.0 Å². The molecule has 0 aliphatic carbocycles. The number of nitrogens with zero attached hydrogens (tertiary/aromatic N) is 1. The van der Waals surface area contributed by atoms with Gasteiger partial charge in [0, 0.05) is 34.0 Å². The largest absolute Gasteiger partial charge is 0.325 e. The highest BCUT2D eigenvalue weighted by Gasteiger charge is 2.19. The maximum absolute atomic E-state index is 12.8. The summed E-state index contributed by atoms with van der Waals surface area (Å²) in [7, 11) is -3.82. The van der Waals surface area contributed by atoms with Gasteiger partial charge in [-0.2, -0.15) is 0 Å². The van der Waals surface area contributed by atoms with E-state index in [1.807, 2.05) is 13.0 Å². The number of nitro benzene ring substituents is 1. The van der Waals surface area contributed by atoms with E-state index >= 15 is 0 Å². The van der Waals surface area contributed by atoms with Gasteiger partial charge >= 0.3 is 0 Å². The molecule has 10 nitrogen and oxygen atoms in total. The summed E-state index contributed by atoms with van der Waals surface area (Å²) in [6.45, 7) is 1.86. The molecule has 0 fully saturated rings. The van der Waals surface area contributed by atoms with Crippen molar-refractivity contribution in [1.82, 2.24) is 0 Å². The topological polar surface area (TPSA) is 162 Å². The van der Waals surface area contributed by atoms with E-state index in [2.05, 4.69) is 10.6 Å². The van der Waals surface area contributed by atoms with Gasteiger partial charge in [-0.25, -0.2) is 13.6 Å². The molecule has 0 radical (unpaired) electrons. The molecule has 0 heterocycles. The van der Waals surface area contributed by atoms with E-state index in [0.29, 0.717) is 17.8 Å². The fraction of sp³-hybridized carbons (Fsp3) is 0.130. The van der Waals surface area contributed by atoms with Gasteiger partial charge in [-0.3, -0.25) is 19.7 Å². The average Bonchev–Trinajstić information content (AvgIpc) is 2.82. The number of thioether (sulfide) groups is 1. The zero-order chi connectivity index (χ0) is 25.6. The highest BCUT2D eigenvalue weighted by molar-refractivity contribution is 8.00. The van der Waals surface area contributed by atoms with Crippen molar-refractivity contribution in [2.24, 2.45) is 5.14 Å². The zero-order valence-corrected chi connectivity index (χ0v) is 20.1. The van der Waals surface area contributed by atoms with Crippen molar-refractivity contribution in [3.8, 4) is 0 Å². The Balaban J connectivity index is 1.65. The van der Waals surface area contributed by atoms with Gasteiger partial charge in [0.05, 0.1) is 15.1 Å². The lowest BCUT2D eigenvalue weighted by Gasteiger charge is -2.15. The quantitative estimate of drug-likeness (QED) is 0.221. The van der Waals surface area contributed by atoms with Crippen LogP contribution in [0.4, 0.5) is 17.1 Å². The predicted octanol–water partition coefficient (Wildman–Crippen LogP) is 4.00. The van der Waals surface area contributed by atoms with E-state index in [1.165, 1.54) is 60.3 Å². The van der Waals surface area contributed by atoms with E-state index in [-0.39, 0.29) is 22.1 Å². The Bertz CT molecular complexity index is 1340. The van der Waals surface area contributed by atoms with Crippen LogP contribution >= 0.6 is 11.8 Å². The van der Waals surface area contributed by atoms with Gasteiger partial charge < -0.3 is 10.6 Å². The Hall–Kier alpha value is -3.74. The number of hydrogen-bond donors (Lipinski definition) is 3. The minimum Gasteiger partial charge on any atom is -0.325 e. The molecule has 0 aliphatic heterocycles. The van der Waals surface area contributed by atoms with Crippen LogP contribution in [0.3, 0.4) is 0 Å². The lowest BCUT2D eigenvalue weighted by atomic mass is 10.2. The number of hydrogen-bond acceptors (Lipinski definition) is 7. The third-order valence-electron chi connectivity index (χ3n) is 4.82. The van der Waals surface area contributed by atoms with Gasteiger partial charge in [-0.15, -0.1) is 11.8 Å². The number of benzene rings is 3. The van der Waals surface area contributed by atoms with Crippen LogP contribution in [0.1, 0.15) is 23.7 Å². The first-order chi connectivity index (χ1) is 16.6. The van der Waals surface area contributed by atoms with Gasteiger partial charge in [0.1, 0.15) is 0 Å². The van der Waals surface area contributed by atoms with Gasteiger partial charge in [0.15, 0.2) is 0 Å². The van der Waals surface area contributed by atoms with Crippen LogP contribution in [-0.2, 0) is 14.8 Å². The standard InChI is InChI=1S/C23H22N4O6S2/c1-2-21(23(29)25-16-8-12-20(13-9-16)35(24,32)33)34-19-5-3-4-17(14-19)26-22(28)15-6-10-18(11-7-15)27(30)31/h3-14,21H,2H2,1H3,(H,25,29)(H,26,28)(H2,24,32,33). The fourth-order valence-electron chi connectivity index (χ4n) is 3.02. The normalized spacial score (nSPS) is 11.9. The van der Waals surface area contributed by atoms with E-state index in [9.17, 15) is 28.1 Å². The lowest BCUT2D eigenvalue weighted by Crippen LogP contribution is -2.24. The second-order valence-electron chi connectivity index (χ2n) is 7.36. The van der Waals surface area contributed by atoms with Crippen molar-refractivity contribution in [3.05, 3.63) is 88.5 Å². The van der Waals surface area contributed by atoms with Crippen molar-refractivity contribution in [2.75, 3.05) is 10.6 Å². The summed E-state index contributed by atoms with van der Waals surface area (Å²) in [6, 6.07) is 17.8. The van der Waals surface area contributed by atoms with Crippen LogP contribution in [0.2, 0.25) is 0 Å². The van der Waals surface area contributed by atoms with Crippen molar-refractivity contribution >= 4 is 50.7 Å². The molecule has 1 unspecified atom stereocenters. The Morgan fingerprint density at radius 3 is 2.23 bits per heavy atom. The average molecular weight is 515 g/mol. The molecule has 0 spiro atoms. The van der Waals surface area contributed by atoms with Crippen molar-refractivity contribution in [1.29, 1.82) is 0 Å². The molecule has 2 amide bonds. The molecule has 0 aromatic heterocycles. The molecule has 0 saturated heterocycles. The number of nitro groups is 1. The number of nitrogens with one attached hydrogen (secondary N) is 2. The highest BCUT2D eigenvalue weighted by Crippen LogP contribution is 2.29. The van der Waals surface area contributed by atoms with Crippen LogP contribution in [0.5, 0.6) is 0 Å². The molecular weight excluding hydrogens is 492 g/mol. The number of nitrogens with two attached hydrogens (primary N) is 1.